The molecule has 3 aromatic heterocycles. The lowest BCUT2D eigenvalue weighted by Gasteiger charge is -2.12. The van der Waals surface area contributed by atoms with Crippen molar-refractivity contribution in [3.8, 4) is 11.1 Å². The molecule has 148 valence electrons. The van der Waals surface area contributed by atoms with Gasteiger partial charge in [-0.25, -0.2) is 0 Å². The van der Waals surface area contributed by atoms with Crippen molar-refractivity contribution in [1.29, 1.82) is 0 Å². The Hall–Kier alpha value is -3.58. The predicted molar refractivity (Wildman–Crippen MR) is 120 cm³/mol. The molecule has 2 aromatic carbocycles. The highest BCUT2D eigenvalue weighted by atomic mass is 32.2. The van der Waals surface area contributed by atoms with Gasteiger partial charge in [-0.2, -0.15) is 0 Å². The third-order valence-corrected chi connectivity index (χ3v) is 5.97. The number of aromatic nitrogens is 4. The van der Waals surface area contributed by atoms with E-state index in [1.807, 2.05) is 25.4 Å². The molecule has 0 aliphatic carbocycles. The van der Waals surface area contributed by atoms with Gasteiger partial charge in [-0.05, 0) is 41.5 Å². The number of fused-ring (bicyclic) bond motifs is 2. The van der Waals surface area contributed by atoms with Gasteiger partial charge in [0, 0.05) is 58.1 Å². The highest BCUT2D eigenvalue weighted by molar-refractivity contribution is 7.98. The van der Waals surface area contributed by atoms with Crippen LogP contribution >= 0.6 is 11.8 Å². The molecule has 7 heteroatoms. The molecule has 0 spiro atoms. The second-order valence-corrected chi connectivity index (χ2v) is 7.93. The molecule has 3 heterocycles. The van der Waals surface area contributed by atoms with Gasteiger partial charge in [-0.1, -0.05) is 12.1 Å². The van der Waals surface area contributed by atoms with Gasteiger partial charge >= 0.3 is 0 Å². The maximum atomic E-state index is 9.86. The number of aryl methyl sites for hydroxylation is 1. The smallest absolute Gasteiger partial charge is 0.246 e. The Morgan fingerprint density at radius 3 is 2.80 bits per heavy atom. The minimum Gasteiger partial charge on any atom is -0.351 e. The van der Waals surface area contributed by atoms with Crippen LogP contribution in [-0.2, 0) is 7.05 Å². The molecule has 0 aliphatic rings. The van der Waals surface area contributed by atoms with Crippen LogP contribution in [0.25, 0.3) is 33.1 Å². The maximum absolute atomic E-state index is 9.86. The van der Waals surface area contributed by atoms with Gasteiger partial charge in [0.15, 0.2) is 0 Å². The van der Waals surface area contributed by atoms with Gasteiger partial charge < -0.3 is 9.88 Å². The number of hydrogen-bond acceptors (Lipinski definition) is 5. The maximum Gasteiger partial charge on any atom is 0.246 e. The van der Waals surface area contributed by atoms with E-state index < -0.39 is 0 Å². The van der Waals surface area contributed by atoms with Crippen LogP contribution in [0.4, 0.5) is 11.4 Å². The first-order chi connectivity index (χ1) is 14.6. The quantitative estimate of drug-likeness (QED) is 0.252. The summed E-state index contributed by atoms with van der Waals surface area (Å²) in [5.41, 5.74) is 6.61. The second kappa shape index (κ2) is 7.35. The van der Waals surface area contributed by atoms with Crippen LogP contribution in [0.2, 0.25) is 0 Å². The van der Waals surface area contributed by atoms with Crippen LogP contribution in [-0.4, -0.2) is 26.0 Å². The Bertz CT molecular complexity index is 1400. The van der Waals surface area contributed by atoms with Crippen molar-refractivity contribution in [3.63, 3.8) is 0 Å². The van der Waals surface area contributed by atoms with Gasteiger partial charge in [0.2, 0.25) is 12.4 Å². The zero-order chi connectivity index (χ0) is 20.7. The van der Waals surface area contributed by atoms with E-state index in [-0.39, 0.29) is 0 Å². The van der Waals surface area contributed by atoms with Crippen molar-refractivity contribution >= 4 is 45.1 Å². The minimum absolute atomic E-state index is 0.808. The number of hydrogen-bond donors (Lipinski definition) is 2. The number of anilines is 2. The summed E-state index contributed by atoms with van der Waals surface area (Å²) in [5.74, 6) is 0. The fourth-order valence-electron chi connectivity index (χ4n) is 3.70. The highest BCUT2D eigenvalue weighted by Gasteiger charge is 2.13. The van der Waals surface area contributed by atoms with Crippen molar-refractivity contribution in [1.82, 2.24) is 14.5 Å². The summed E-state index contributed by atoms with van der Waals surface area (Å²) in [6, 6.07) is 14.5. The fraction of sp³-hybridized carbons (Fsp3) is 0.0870. The molecule has 0 radical (unpaired) electrons. The molecule has 5 aromatic rings. The third-order valence-electron chi connectivity index (χ3n) is 5.18. The molecule has 0 saturated heterocycles. The molecular weight excluding hydrogens is 394 g/mol. The van der Waals surface area contributed by atoms with E-state index in [1.54, 1.807) is 36.5 Å². The molecule has 0 aliphatic heterocycles. The van der Waals surface area contributed by atoms with Crippen LogP contribution < -0.4 is 10.0 Å². The van der Waals surface area contributed by atoms with Crippen LogP contribution in [0, 0.1) is 0 Å². The van der Waals surface area contributed by atoms with Gasteiger partial charge in [-0.15, -0.1) is 11.8 Å². The van der Waals surface area contributed by atoms with Crippen LogP contribution in [0.5, 0.6) is 0 Å². The van der Waals surface area contributed by atoms with Gasteiger partial charge in [0.05, 0.1) is 11.0 Å². The lowest BCUT2D eigenvalue weighted by atomic mass is 10.0. The number of thioether (sulfide) groups is 1. The lowest BCUT2D eigenvalue weighted by Crippen LogP contribution is -2.28. The van der Waals surface area contributed by atoms with Crippen LogP contribution in [0.15, 0.2) is 78.3 Å². The number of pyridine rings is 1. The molecule has 0 fully saturated rings. The van der Waals surface area contributed by atoms with Gasteiger partial charge in [-0.3, -0.25) is 15.2 Å². The van der Waals surface area contributed by atoms with E-state index in [0.717, 1.165) is 48.7 Å². The topological polar surface area (TPSA) is 66.8 Å². The third kappa shape index (κ3) is 3.23. The number of benzene rings is 2. The fourth-order valence-corrected chi connectivity index (χ4v) is 4.22. The van der Waals surface area contributed by atoms with Crippen molar-refractivity contribution in [3.05, 3.63) is 73.4 Å². The van der Waals surface area contributed by atoms with Gasteiger partial charge in [0.1, 0.15) is 5.69 Å². The lowest BCUT2D eigenvalue weighted by molar-refractivity contribution is -0.904. The van der Waals surface area contributed by atoms with E-state index in [2.05, 4.69) is 56.4 Å². The molecule has 0 bridgehead atoms. The zero-order valence-corrected chi connectivity index (χ0v) is 17.4. The van der Waals surface area contributed by atoms with E-state index in [1.165, 1.54) is 5.39 Å². The van der Waals surface area contributed by atoms with Crippen molar-refractivity contribution in [2.24, 2.45) is 7.05 Å². The molecule has 30 heavy (non-hydrogen) atoms. The molecule has 5 rings (SSSR count). The SMILES string of the molecule is CSc1cc[n+](O)cc1Nc1cc(-c2ccc3ccn(C)c3c2)c2nccnc2c1. The first-order valence-corrected chi connectivity index (χ1v) is 10.7. The molecule has 0 unspecified atom stereocenters. The summed E-state index contributed by atoms with van der Waals surface area (Å²) in [4.78, 5) is 10.2. The molecule has 0 atom stereocenters. The van der Waals surface area contributed by atoms with Crippen LogP contribution in [0.3, 0.4) is 0 Å². The summed E-state index contributed by atoms with van der Waals surface area (Å²) in [7, 11) is 2.05. The Kier molecular flexibility index (Phi) is 4.52. The first-order valence-electron chi connectivity index (χ1n) is 9.48. The largest absolute Gasteiger partial charge is 0.351 e. The molecular formula is C23H20N5OS+. The van der Waals surface area contributed by atoms with Crippen molar-refractivity contribution in [2.75, 3.05) is 11.6 Å². The zero-order valence-electron chi connectivity index (χ0n) is 16.6. The molecule has 0 amide bonds. The minimum atomic E-state index is 0.808. The standard InChI is InChI=1S/C23H20N5OS/c1-27-9-5-15-3-4-16(11-21(15)27)18-12-17(13-19-23(18)25-8-7-24-19)26-20-14-28(29)10-6-22(20)30-2/h3-14,26,29H,1-2H3/q+1. The second-order valence-electron chi connectivity index (χ2n) is 7.08. The molecule has 6 nitrogen and oxygen atoms in total. The Balaban J connectivity index is 1.68. The summed E-state index contributed by atoms with van der Waals surface area (Å²) >= 11 is 1.61. The summed E-state index contributed by atoms with van der Waals surface area (Å²) in [6.07, 6.45) is 10.8. The van der Waals surface area contributed by atoms with Crippen LogP contribution in [0.1, 0.15) is 0 Å². The van der Waals surface area contributed by atoms with E-state index >= 15 is 0 Å². The summed E-state index contributed by atoms with van der Waals surface area (Å²) in [5, 5.41) is 14.5. The average Bonchev–Trinajstić information content (AvgIpc) is 3.13. The molecule has 2 N–H and O–H groups in total. The monoisotopic (exact) mass is 414 g/mol. The number of nitrogens with zero attached hydrogens (tertiary/aromatic N) is 4. The number of nitrogens with one attached hydrogen (secondary N) is 1. The van der Waals surface area contributed by atoms with Crippen molar-refractivity contribution < 1.29 is 9.94 Å². The van der Waals surface area contributed by atoms with E-state index in [9.17, 15) is 5.21 Å². The first kappa shape index (κ1) is 18.4. The predicted octanol–water partition coefficient (Wildman–Crippen LogP) is 4.78. The Labute approximate surface area is 177 Å². The Morgan fingerprint density at radius 1 is 1.07 bits per heavy atom. The summed E-state index contributed by atoms with van der Waals surface area (Å²) < 4.78 is 3.16. The summed E-state index contributed by atoms with van der Waals surface area (Å²) in [6.45, 7) is 0. The van der Waals surface area contributed by atoms with Gasteiger partial charge in [0.25, 0.3) is 0 Å². The normalized spacial score (nSPS) is 11.3. The molecule has 0 saturated carbocycles. The number of rotatable bonds is 4. The van der Waals surface area contributed by atoms with E-state index in [0.29, 0.717) is 0 Å². The Morgan fingerprint density at radius 2 is 1.93 bits per heavy atom. The average molecular weight is 415 g/mol. The van der Waals surface area contributed by atoms with Crippen molar-refractivity contribution in [2.45, 2.75) is 4.90 Å². The highest BCUT2D eigenvalue weighted by Crippen LogP contribution is 2.34. The van der Waals surface area contributed by atoms with E-state index in [4.69, 9.17) is 0 Å².